The quantitative estimate of drug-likeness (QED) is 0.743. The van der Waals surface area contributed by atoms with Crippen LogP contribution in [0.5, 0.6) is 0 Å². The van der Waals surface area contributed by atoms with Crippen LogP contribution in [0.2, 0.25) is 0 Å². The summed E-state index contributed by atoms with van der Waals surface area (Å²) in [5, 5.41) is 0. The molecule has 1 fully saturated rings. The molecule has 1 aliphatic heterocycles. The lowest BCUT2D eigenvalue weighted by Gasteiger charge is -2.25. The number of benzene rings is 2. The predicted molar refractivity (Wildman–Crippen MR) is 106 cm³/mol. The molecule has 0 saturated carbocycles. The van der Waals surface area contributed by atoms with Crippen molar-refractivity contribution >= 4 is 15.9 Å². The number of rotatable bonds is 6. The second-order valence-electron chi connectivity index (χ2n) is 7.13. The lowest BCUT2D eigenvalue weighted by molar-refractivity contribution is -0.129. The van der Waals surface area contributed by atoms with Crippen molar-refractivity contribution in [2.45, 2.75) is 37.1 Å². The number of amides is 1. The van der Waals surface area contributed by atoms with Crippen molar-refractivity contribution in [2.75, 3.05) is 20.1 Å². The third kappa shape index (κ3) is 4.77. The number of hydrogen-bond donors (Lipinski definition) is 0. The molecule has 1 saturated heterocycles. The highest BCUT2D eigenvalue weighted by molar-refractivity contribution is 7.89. The van der Waals surface area contributed by atoms with Gasteiger partial charge >= 0.3 is 0 Å². The second kappa shape index (κ2) is 8.84. The maximum Gasteiger partial charge on any atom is 0.243 e. The van der Waals surface area contributed by atoms with Crippen molar-refractivity contribution in [3.8, 4) is 0 Å². The third-order valence-electron chi connectivity index (χ3n) is 5.02. The van der Waals surface area contributed by atoms with E-state index in [-0.39, 0.29) is 29.6 Å². The maximum atomic E-state index is 13.8. The Morgan fingerprint density at radius 3 is 2.32 bits per heavy atom. The molecule has 0 spiro atoms. The van der Waals surface area contributed by atoms with Crippen LogP contribution >= 0.6 is 0 Å². The van der Waals surface area contributed by atoms with E-state index in [2.05, 4.69) is 0 Å². The minimum absolute atomic E-state index is 0.134. The molecule has 0 unspecified atom stereocenters. The molecule has 28 heavy (non-hydrogen) atoms. The Labute approximate surface area is 165 Å². The number of nitrogens with zero attached hydrogens (tertiary/aromatic N) is 2. The van der Waals surface area contributed by atoms with Crippen molar-refractivity contribution in [3.05, 3.63) is 65.5 Å². The van der Waals surface area contributed by atoms with Gasteiger partial charge in [-0.2, -0.15) is 4.31 Å². The third-order valence-corrected chi connectivity index (χ3v) is 6.94. The standard InChI is InChI=1S/C21H25FN2O3S/c1-23(16-18-7-3-4-8-20(18)22)21(25)15-17-9-11-19(12-10-17)28(26,27)24-13-5-2-6-14-24/h3-4,7-12H,2,5-6,13-16H2,1H3. The highest BCUT2D eigenvalue weighted by atomic mass is 32.2. The van der Waals surface area contributed by atoms with Gasteiger partial charge in [0.05, 0.1) is 11.3 Å². The van der Waals surface area contributed by atoms with Gasteiger partial charge in [-0.25, -0.2) is 12.8 Å². The smallest absolute Gasteiger partial charge is 0.243 e. The average molecular weight is 405 g/mol. The summed E-state index contributed by atoms with van der Waals surface area (Å²) in [6, 6.07) is 12.8. The lowest BCUT2D eigenvalue weighted by Crippen LogP contribution is -2.35. The lowest BCUT2D eigenvalue weighted by atomic mass is 10.1. The van der Waals surface area contributed by atoms with E-state index in [1.54, 1.807) is 49.5 Å². The predicted octanol–water partition coefficient (Wildman–Crippen LogP) is 3.20. The van der Waals surface area contributed by atoms with Crippen LogP contribution < -0.4 is 0 Å². The Morgan fingerprint density at radius 1 is 1.04 bits per heavy atom. The van der Waals surface area contributed by atoms with Gasteiger partial charge in [0.1, 0.15) is 5.82 Å². The molecule has 5 nitrogen and oxygen atoms in total. The van der Waals surface area contributed by atoms with Gasteiger partial charge in [-0.05, 0) is 36.6 Å². The van der Waals surface area contributed by atoms with Crippen LogP contribution in [-0.2, 0) is 27.8 Å². The van der Waals surface area contributed by atoms with Crippen molar-refractivity contribution in [1.29, 1.82) is 0 Å². The minimum atomic E-state index is -3.47. The minimum Gasteiger partial charge on any atom is -0.341 e. The van der Waals surface area contributed by atoms with Gasteiger partial charge in [0.2, 0.25) is 15.9 Å². The van der Waals surface area contributed by atoms with Crippen LogP contribution in [0.1, 0.15) is 30.4 Å². The van der Waals surface area contributed by atoms with E-state index in [1.165, 1.54) is 15.3 Å². The first-order valence-corrected chi connectivity index (χ1v) is 10.9. The largest absolute Gasteiger partial charge is 0.341 e. The van der Waals surface area contributed by atoms with E-state index in [4.69, 9.17) is 0 Å². The summed E-state index contributed by atoms with van der Waals surface area (Å²) in [5.41, 5.74) is 1.18. The summed E-state index contributed by atoms with van der Waals surface area (Å²) in [6.07, 6.45) is 2.97. The van der Waals surface area contributed by atoms with Crippen LogP contribution in [0, 0.1) is 5.82 Å². The Kier molecular flexibility index (Phi) is 6.46. The van der Waals surface area contributed by atoms with Gasteiger partial charge in [-0.3, -0.25) is 4.79 Å². The van der Waals surface area contributed by atoms with Crippen molar-refractivity contribution in [2.24, 2.45) is 0 Å². The van der Waals surface area contributed by atoms with E-state index in [0.29, 0.717) is 18.7 Å². The van der Waals surface area contributed by atoms with Gasteiger partial charge in [0.15, 0.2) is 0 Å². The van der Waals surface area contributed by atoms with Crippen molar-refractivity contribution in [3.63, 3.8) is 0 Å². The van der Waals surface area contributed by atoms with Gasteiger partial charge < -0.3 is 4.90 Å². The fourth-order valence-corrected chi connectivity index (χ4v) is 4.83. The molecule has 150 valence electrons. The zero-order chi connectivity index (χ0) is 20.1. The normalized spacial score (nSPS) is 15.4. The molecule has 2 aromatic rings. The van der Waals surface area contributed by atoms with Crippen LogP contribution in [0.4, 0.5) is 4.39 Å². The monoisotopic (exact) mass is 404 g/mol. The topological polar surface area (TPSA) is 57.7 Å². The highest BCUT2D eigenvalue weighted by Gasteiger charge is 2.25. The molecule has 0 N–H and O–H groups in total. The van der Waals surface area contributed by atoms with E-state index < -0.39 is 10.0 Å². The number of halogens is 1. The van der Waals surface area contributed by atoms with Gasteiger partial charge in [0.25, 0.3) is 0 Å². The number of piperidine rings is 1. The SMILES string of the molecule is CN(Cc1ccccc1F)C(=O)Cc1ccc(S(=O)(=O)N2CCCCC2)cc1. The Morgan fingerprint density at radius 2 is 1.68 bits per heavy atom. The molecule has 2 aromatic carbocycles. The van der Waals surface area contributed by atoms with E-state index >= 15 is 0 Å². The van der Waals surface area contributed by atoms with Crippen molar-refractivity contribution in [1.82, 2.24) is 9.21 Å². The van der Waals surface area contributed by atoms with Crippen molar-refractivity contribution < 1.29 is 17.6 Å². The Hall–Kier alpha value is -2.25. The summed E-state index contributed by atoms with van der Waals surface area (Å²) in [6.45, 7) is 1.31. The molecule has 0 bridgehead atoms. The molecular weight excluding hydrogens is 379 g/mol. The molecule has 1 heterocycles. The second-order valence-corrected chi connectivity index (χ2v) is 9.06. The van der Waals surface area contributed by atoms with E-state index in [9.17, 15) is 17.6 Å². The fourth-order valence-electron chi connectivity index (χ4n) is 3.31. The molecular formula is C21H25FN2O3S. The fraction of sp³-hybridized carbons (Fsp3) is 0.381. The first kappa shape index (κ1) is 20.5. The van der Waals surface area contributed by atoms with Crippen LogP contribution in [0.3, 0.4) is 0 Å². The van der Waals surface area contributed by atoms with Gasteiger partial charge in [0, 0.05) is 32.2 Å². The average Bonchev–Trinajstić information content (AvgIpc) is 2.70. The number of carbonyl (C=O) groups is 1. The number of likely N-dealkylation sites (N-methyl/N-ethyl adjacent to an activating group) is 1. The first-order chi connectivity index (χ1) is 13.4. The summed E-state index contributed by atoms with van der Waals surface area (Å²) in [7, 11) is -1.84. The van der Waals surface area contributed by atoms with E-state index in [0.717, 1.165) is 24.8 Å². The van der Waals surface area contributed by atoms with Crippen LogP contribution in [-0.4, -0.2) is 43.7 Å². The summed E-state index contributed by atoms with van der Waals surface area (Å²) < 4.78 is 40.6. The molecule has 7 heteroatoms. The molecule has 0 radical (unpaired) electrons. The first-order valence-electron chi connectivity index (χ1n) is 9.44. The van der Waals surface area contributed by atoms with E-state index in [1.807, 2.05) is 0 Å². The summed E-state index contributed by atoms with van der Waals surface area (Å²) in [4.78, 5) is 14.2. The molecule has 1 amide bonds. The molecule has 0 aromatic heterocycles. The van der Waals surface area contributed by atoms with Crippen LogP contribution in [0.15, 0.2) is 53.4 Å². The summed E-state index contributed by atoms with van der Waals surface area (Å²) in [5.74, 6) is -0.496. The Balaban J connectivity index is 1.63. The molecule has 1 aliphatic rings. The number of carbonyl (C=O) groups excluding carboxylic acids is 1. The maximum absolute atomic E-state index is 13.8. The molecule has 3 rings (SSSR count). The van der Waals surface area contributed by atoms with Gasteiger partial charge in [-0.1, -0.05) is 36.8 Å². The number of sulfonamides is 1. The van der Waals surface area contributed by atoms with Crippen LogP contribution in [0.25, 0.3) is 0 Å². The highest BCUT2D eigenvalue weighted by Crippen LogP contribution is 2.21. The zero-order valence-electron chi connectivity index (χ0n) is 16.0. The number of hydrogen-bond acceptors (Lipinski definition) is 3. The van der Waals surface area contributed by atoms with Gasteiger partial charge in [-0.15, -0.1) is 0 Å². The molecule has 0 atom stereocenters. The molecule has 0 aliphatic carbocycles. The summed E-state index contributed by atoms with van der Waals surface area (Å²) >= 11 is 0. The zero-order valence-corrected chi connectivity index (χ0v) is 16.8. The Bertz CT molecular complexity index is 923.